The van der Waals surface area contributed by atoms with Crippen LogP contribution in [0.25, 0.3) is 0 Å². The van der Waals surface area contributed by atoms with Gasteiger partial charge in [0.2, 0.25) is 11.8 Å². The molecule has 3 atom stereocenters. The quantitative estimate of drug-likeness (QED) is 0.182. The third-order valence-corrected chi connectivity index (χ3v) is 10.8. The highest BCUT2D eigenvalue weighted by atomic mass is 28.4. The van der Waals surface area contributed by atoms with Crippen molar-refractivity contribution in [3.63, 3.8) is 0 Å². The standard InChI is InChI=1S/C26H51N3O7Si/c1-17(2)21(30)29-20(18(3)36-37(11,12)26(7,8)9)22(31)28-19(23(32)34-10)15-13-14-16-27-24(33)35-25(4,5)6/h17-20H,13-16H2,1-12H3,(H,27,33)(H,28,31)(H,29,30). The van der Waals surface area contributed by atoms with Crippen molar-refractivity contribution >= 4 is 32.2 Å². The van der Waals surface area contributed by atoms with Crippen LogP contribution in [0.4, 0.5) is 4.79 Å². The summed E-state index contributed by atoms with van der Waals surface area (Å²) in [5.74, 6) is -1.71. The molecule has 0 aliphatic heterocycles. The summed E-state index contributed by atoms with van der Waals surface area (Å²) in [5, 5.41) is 8.12. The molecule has 37 heavy (non-hydrogen) atoms. The minimum atomic E-state index is -2.25. The van der Waals surface area contributed by atoms with Gasteiger partial charge in [0, 0.05) is 12.5 Å². The lowest BCUT2D eigenvalue weighted by Gasteiger charge is -2.40. The fraction of sp³-hybridized carbons (Fsp3) is 0.846. The third kappa shape index (κ3) is 13.3. The van der Waals surface area contributed by atoms with Crippen molar-refractivity contribution in [1.29, 1.82) is 0 Å². The highest BCUT2D eigenvalue weighted by Gasteiger charge is 2.41. The zero-order valence-electron chi connectivity index (χ0n) is 25.0. The Balaban J connectivity index is 5.35. The van der Waals surface area contributed by atoms with Gasteiger partial charge in [-0.3, -0.25) is 9.59 Å². The number of hydrogen-bond acceptors (Lipinski definition) is 7. The van der Waals surface area contributed by atoms with Crippen LogP contribution >= 0.6 is 0 Å². The molecular formula is C26H51N3O7Si. The first-order valence-corrected chi connectivity index (χ1v) is 16.0. The van der Waals surface area contributed by atoms with Gasteiger partial charge in [-0.2, -0.15) is 0 Å². The Labute approximate surface area is 224 Å². The Kier molecular flexibility index (Phi) is 13.9. The molecule has 0 aromatic rings. The zero-order valence-corrected chi connectivity index (χ0v) is 26.0. The predicted octanol–water partition coefficient (Wildman–Crippen LogP) is 3.89. The van der Waals surface area contributed by atoms with Gasteiger partial charge in [0.15, 0.2) is 8.32 Å². The molecule has 3 amide bonds. The van der Waals surface area contributed by atoms with Crippen LogP contribution in [-0.4, -0.2) is 69.6 Å². The Bertz CT molecular complexity index is 773. The summed E-state index contributed by atoms with van der Waals surface area (Å²) in [4.78, 5) is 50.1. The van der Waals surface area contributed by atoms with E-state index in [0.717, 1.165) is 0 Å². The maximum absolute atomic E-state index is 13.3. The number of amides is 3. The van der Waals surface area contributed by atoms with Crippen LogP contribution in [0.1, 0.15) is 81.6 Å². The molecule has 3 unspecified atom stereocenters. The summed E-state index contributed by atoms with van der Waals surface area (Å²) in [7, 11) is -0.989. The highest BCUT2D eigenvalue weighted by Crippen LogP contribution is 2.37. The first-order chi connectivity index (χ1) is 16.7. The van der Waals surface area contributed by atoms with Crippen molar-refractivity contribution in [3.05, 3.63) is 0 Å². The van der Waals surface area contributed by atoms with E-state index in [1.165, 1.54) is 7.11 Å². The van der Waals surface area contributed by atoms with E-state index in [9.17, 15) is 19.2 Å². The van der Waals surface area contributed by atoms with Gasteiger partial charge in [0.25, 0.3) is 0 Å². The molecule has 0 aromatic carbocycles. The Morgan fingerprint density at radius 2 is 1.43 bits per heavy atom. The van der Waals surface area contributed by atoms with Crippen molar-refractivity contribution in [2.75, 3.05) is 13.7 Å². The van der Waals surface area contributed by atoms with Crippen molar-refractivity contribution < 1.29 is 33.1 Å². The average molecular weight is 546 g/mol. The fourth-order valence-corrected chi connectivity index (χ4v) is 4.48. The second-order valence-electron chi connectivity index (χ2n) is 12.2. The van der Waals surface area contributed by atoms with Crippen molar-refractivity contribution in [2.45, 2.75) is 123 Å². The minimum absolute atomic E-state index is 0.0910. The highest BCUT2D eigenvalue weighted by molar-refractivity contribution is 6.74. The lowest BCUT2D eigenvalue weighted by Crippen LogP contribution is -2.59. The molecule has 0 spiro atoms. The summed E-state index contributed by atoms with van der Waals surface area (Å²) in [6, 6.07) is -1.89. The molecule has 0 aliphatic rings. The lowest BCUT2D eigenvalue weighted by atomic mass is 10.1. The van der Waals surface area contributed by atoms with Gasteiger partial charge in [-0.15, -0.1) is 0 Å². The third-order valence-electron chi connectivity index (χ3n) is 6.25. The first-order valence-electron chi connectivity index (χ1n) is 13.0. The van der Waals surface area contributed by atoms with E-state index in [-0.39, 0.29) is 16.9 Å². The Hall–Kier alpha value is -2.14. The largest absolute Gasteiger partial charge is 0.467 e. The second kappa shape index (κ2) is 14.7. The molecule has 216 valence electrons. The van der Waals surface area contributed by atoms with Crippen LogP contribution in [0.5, 0.6) is 0 Å². The normalized spacial score (nSPS) is 14.8. The van der Waals surface area contributed by atoms with Crippen LogP contribution in [0.3, 0.4) is 0 Å². The number of hydrogen-bond donors (Lipinski definition) is 3. The number of alkyl carbamates (subject to hydrolysis) is 1. The summed E-state index contributed by atoms with van der Waals surface area (Å²) in [6.45, 7) is 21.4. The number of ether oxygens (including phenoxy) is 2. The average Bonchev–Trinajstić information content (AvgIpc) is 2.72. The van der Waals surface area contributed by atoms with E-state index in [1.54, 1.807) is 41.5 Å². The van der Waals surface area contributed by atoms with E-state index in [1.807, 2.05) is 0 Å². The van der Waals surface area contributed by atoms with Crippen molar-refractivity contribution in [3.8, 4) is 0 Å². The SMILES string of the molecule is COC(=O)C(CCCCNC(=O)OC(C)(C)C)NC(=O)C(NC(=O)C(C)C)C(C)O[Si](C)(C)C(C)(C)C. The van der Waals surface area contributed by atoms with E-state index >= 15 is 0 Å². The lowest BCUT2D eigenvalue weighted by molar-refractivity contribution is -0.146. The predicted molar refractivity (Wildman–Crippen MR) is 147 cm³/mol. The van der Waals surface area contributed by atoms with Crippen LogP contribution in [0.15, 0.2) is 0 Å². The summed E-state index contributed by atoms with van der Waals surface area (Å²) < 4.78 is 16.5. The molecule has 0 heterocycles. The molecule has 10 nitrogen and oxygen atoms in total. The maximum atomic E-state index is 13.3. The monoisotopic (exact) mass is 545 g/mol. The molecule has 0 aromatic heterocycles. The van der Waals surface area contributed by atoms with Crippen LogP contribution < -0.4 is 16.0 Å². The number of methoxy groups -OCH3 is 1. The van der Waals surface area contributed by atoms with Gasteiger partial charge >= 0.3 is 12.1 Å². The van der Waals surface area contributed by atoms with Gasteiger partial charge in [0.05, 0.1) is 13.2 Å². The number of carbonyl (C=O) groups excluding carboxylic acids is 4. The molecule has 11 heteroatoms. The number of nitrogens with one attached hydrogen (secondary N) is 3. The molecule has 0 saturated heterocycles. The van der Waals surface area contributed by atoms with Gasteiger partial charge in [-0.05, 0) is 65.1 Å². The molecule has 3 N–H and O–H groups in total. The molecule has 0 bridgehead atoms. The number of unbranched alkanes of at least 4 members (excludes halogenated alkanes) is 1. The van der Waals surface area contributed by atoms with Gasteiger partial charge < -0.3 is 29.9 Å². The molecule has 0 radical (unpaired) electrons. The van der Waals surface area contributed by atoms with Crippen LogP contribution in [0.2, 0.25) is 18.1 Å². The van der Waals surface area contributed by atoms with Gasteiger partial charge in [-0.1, -0.05) is 34.6 Å². The Morgan fingerprint density at radius 3 is 1.89 bits per heavy atom. The van der Waals surface area contributed by atoms with Crippen LogP contribution in [0, 0.1) is 5.92 Å². The zero-order chi connectivity index (χ0) is 29.2. The summed E-state index contributed by atoms with van der Waals surface area (Å²) in [6.07, 6.45) is 0.289. The molecular weight excluding hydrogens is 494 g/mol. The second-order valence-corrected chi connectivity index (χ2v) is 17.0. The number of esters is 1. The smallest absolute Gasteiger partial charge is 0.407 e. The molecule has 0 rings (SSSR count). The summed E-state index contributed by atoms with van der Waals surface area (Å²) in [5.41, 5.74) is -0.586. The fourth-order valence-electron chi connectivity index (χ4n) is 3.06. The van der Waals surface area contributed by atoms with Gasteiger partial charge in [0.1, 0.15) is 17.7 Å². The van der Waals surface area contributed by atoms with Crippen LogP contribution in [-0.2, 0) is 28.3 Å². The van der Waals surface area contributed by atoms with E-state index in [2.05, 4.69) is 49.8 Å². The van der Waals surface area contributed by atoms with E-state index in [4.69, 9.17) is 13.9 Å². The van der Waals surface area contributed by atoms with Crippen molar-refractivity contribution in [2.24, 2.45) is 5.92 Å². The molecule has 0 aliphatic carbocycles. The number of rotatable bonds is 13. The number of carbonyl (C=O) groups is 4. The van der Waals surface area contributed by atoms with Crippen molar-refractivity contribution in [1.82, 2.24) is 16.0 Å². The van der Waals surface area contributed by atoms with E-state index < -0.39 is 50.1 Å². The summed E-state index contributed by atoms with van der Waals surface area (Å²) >= 11 is 0. The molecule has 0 saturated carbocycles. The van der Waals surface area contributed by atoms with Gasteiger partial charge in [-0.25, -0.2) is 9.59 Å². The first kappa shape index (κ1) is 34.9. The van der Waals surface area contributed by atoms with E-state index in [0.29, 0.717) is 25.8 Å². The molecule has 0 fully saturated rings. The topological polar surface area (TPSA) is 132 Å². The maximum Gasteiger partial charge on any atom is 0.407 e. The Morgan fingerprint density at radius 1 is 0.865 bits per heavy atom. The minimum Gasteiger partial charge on any atom is -0.467 e.